The predicted molar refractivity (Wildman–Crippen MR) is 255 cm³/mol. The van der Waals surface area contributed by atoms with Crippen molar-refractivity contribution >= 4 is 75.8 Å². The molecule has 12 aromatic rings. The largest absolute Gasteiger partial charge is 0.455 e. The minimum absolute atomic E-state index is 0.192. The number of hydrogen-bond donors (Lipinski definition) is 0. The Labute approximate surface area is 347 Å². The third-order valence-corrected chi connectivity index (χ3v) is 13.7. The maximum Gasteiger partial charge on any atom is 0.143 e. The lowest BCUT2D eigenvalue weighted by Gasteiger charge is -2.23. The van der Waals surface area contributed by atoms with Crippen LogP contribution >= 0.6 is 0 Å². The standard InChI is InChI=1S/C59H38O/c1-59(2)51-33-28-36-26-29-49-42-19-11-12-25-53(42)60-58(49)54(36)57(51)50-30-27-37(34-52(50)59)39-31-32-48(41-18-6-5-17-40(39)41)56-46-22-9-7-20-44(46)55(45-21-8-10-23-47(45)56)43-24-13-15-35-14-3-4-16-38(35)43/h3-34H,1-2H3. The lowest BCUT2D eigenvalue weighted by atomic mass is 9.80. The first-order chi connectivity index (χ1) is 29.5. The number of fused-ring (bicyclic) bond motifs is 13. The molecule has 0 saturated carbocycles. The minimum atomic E-state index is -0.192. The second-order valence-electron chi connectivity index (χ2n) is 17.1. The molecule has 0 spiro atoms. The second-order valence-corrected chi connectivity index (χ2v) is 17.1. The zero-order valence-electron chi connectivity index (χ0n) is 33.4. The van der Waals surface area contributed by atoms with E-state index in [1.165, 1.54) is 115 Å². The van der Waals surface area contributed by atoms with Gasteiger partial charge >= 0.3 is 0 Å². The van der Waals surface area contributed by atoms with Crippen molar-refractivity contribution in [3.05, 3.63) is 205 Å². The Hall–Kier alpha value is -7.48. The highest BCUT2D eigenvalue weighted by Crippen LogP contribution is 2.54. The van der Waals surface area contributed by atoms with Gasteiger partial charge in [-0.25, -0.2) is 0 Å². The first-order valence-corrected chi connectivity index (χ1v) is 21.0. The maximum atomic E-state index is 6.66. The number of rotatable bonds is 3. The van der Waals surface area contributed by atoms with Crippen molar-refractivity contribution in [2.75, 3.05) is 0 Å². The Balaban J connectivity index is 1.02. The van der Waals surface area contributed by atoms with Crippen LogP contribution in [0.3, 0.4) is 0 Å². The lowest BCUT2D eigenvalue weighted by Crippen LogP contribution is -2.15. The number of furan rings is 1. The van der Waals surface area contributed by atoms with Crippen LogP contribution in [-0.4, -0.2) is 0 Å². The fourth-order valence-corrected chi connectivity index (χ4v) is 10.9. The van der Waals surface area contributed by atoms with E-state index in [9.17, 15) is 0 Å². The van der Waals surface area contributed by atoms with Crippen LogP contribution in [0.4, 0.5) is 0 Å². The van der Waals surface area contributed by atoms with Gasteiger partial charge in [-0.1, -0.05) is 190 Å². The van der Waals surface area contributed by atoms with Gasteiger partial charge in [-0.3, -0.25) is 0 Å². The van der Waals surface area contributed by atoms with E-state index < -0.39 is 0 Å². The van der Waals surface area contributed by atoms with Crippen LogP contribution in [0, 0.1) is 0 Å². The van der Waals surface area contributed by atoms with Crippen LogP contribution in [0.25, 0.3) is 120 Å². The Kier molecular flexibility index (Phi) is 6.85. The minimum Gasteiger partial charge on any atom is -0.455 e. The molecule has 280 valence electrons. The topological polar surface area (TPSA) is 13.1 Å². The average molecular weight is 763 g/mol. The molecule has 1 aliphatic rings. The van der Waals surface area contributed by atoms with Gasteiger partial charge in [-0.2, -0.15) is 0 Å². The molecule has 1 aliphatic carbocycles. The molecule has 0 aliphatic heterocycles. The second kappa shape index (κ2) is 12.3. The van der Waals surface area contributed by atoms with E-state index in [0.717, 1.165) is 16.6 Å². The van der Waals surface area contributed by atoms with E-state index in [2.05, 4.69) is 208 Å². The van der Waals surface area contributed by atoms with Gasteiger partial charge in [-0.05, 0) is 122 Å². The summed E-state index contributed by atoms with van der Waals surface area (Å²) in [5, 5.41) is 14.8. The van der Waals surface area contributed by atoms with E-state index in [-0.39, 0.29) is 5.41 Å². The molecule has 1 heterocycles. The zero-order chi connectivity index (χ0) is 39.7. The quantitative estimate of drug-likeness (QED) is 0.163. The van der Waals surface area contributed by atoms with Crippen molar-refractivity contribution < 1.29 is 4.42 Å². The Morgan fingerprint density at radius 2 is 0.867 bits per heavy atom. The molecule has 0 atom stereocenters. The van der Waals surface area contributed by atoms with E-state index in [4.69, 9.17) is 4.42 Å². The molecule has 11 aromatic carbocycles. The normalized spacial score (nSPS) is 13.3. The van der Waals surface area contributed by atoms with Gasteiger partial charge in [0.25, 0.3) is 0 Å². The van der Waals surface area contributed by atoms with Crippen LogP contribution in [0.2, 0.25) is 0 Å². The first-order valence-electron chi connectivity index (χ1n) is 21.0. The van der Waals surface area contributed by atoms with E-state index >= 15 is 0 Å². The first kappa shape index (κ1) is 33.5. The van der Waals surface area contributed by atoms with Gasteiger partial charge in [0.2, 0.25) is 0 Å². The summed E-state index contributed by atoms with van der Waals surface area (Å²) in [5.41, 5.74) is 14.6. The molecule has 1 nitrogen and oxygen atoms in total. The fraction of sp³-hybridized carbons (Fsp3) is 0.0508. The van der Waals surface area contributed by atoms with Gasteiger partial charge in [0.1, 0.15) is 11.2 Å². The monoisotopic (exact) mass is 762 g/mol. The molecule has 0 amide bonds. The molecule has 1 aromatic heterocycles. The number of para-hydroxylation sites is 1. The van der Waals surface area contributed by atoms with Crippen LogP contribution in [0.15, 0.2) is 199 Å². The zero-order valence-corrected chi connectivity index (χ0v) is 33.4. The summed E-state index contributed by atoms with van der Waals surface area (Å²) in [7, 11) is 0. The molecule has 0 N–H and O–H groups in total. The van der Waals surface area contributed by atoms with Gasteiger partial charge in [0, 0.05) is 21.6 Å². The molecule has 0 saturated heterocycles. The summed E-state index contributed by atoms with van der Waals surface area (Å²) >= 11 is 0. The van der Waals surface area contributed by atoms with Gasteiger partial charge in [-0.15, -0.1) is 0 Å². The maximum absolute atomic E-state index is 6.66. The van der Waals surface area contributed by atoms with Gasteiger partial charge in [0.05, 0.1) is 0 Å². The molecular weight excluding hydrogens is 725 g/mol. The molecule has 0 fully saturated rings. The molecule has 1 heteroatoms. The van der Waals surface area contributed by atoms with Gasteiger partial charge in [0.15, 0.2) is 0 Å². The third-order valence-electron chi connectivity index (χ3n) is 13.7. The highest BCUT2D eigenvalue weighted by atomic mass is 16.3. The SMILES string of the molecule is CC1(C)c2cc(-c3ccc(-c4c5ccccc5c(-c5cccc6ccccc56)c5ccccc45)c4ccccc34)ccc2-c2c1ccc1ccc3c4ccccc4oc3c21. The number of benzene rings is 11. The summed E-state index contributed by atoms with van der Waals surface area (Å²) in [4.78, 5) is 0. The van der Waals surface area contributed by atoms with Crippen molar-refractivity contribution in [2.24, 2.45) is 0 Å². The van der Waals surface area contributed by atoms with Crippen LogP contribution < -0.4 is 0 Å². The lowest BCUT2D eigenvalue weighted by molar-refractivity contribution is 0.660. The summed E-state index contributed by atoms with van der Waals surface area (Å²) in [6, 6.07) is 71.9. The van der Waals surface area contributed by atoms with Crippen molar-refractivity contribution in [2.45, 2.75) is 19.3 Å². The van der Waals surface area contributed by atoms with Crippen LogP contribution in [0.1, 0.15) is 25.0 Å². The molecular formula is C59H38O. The summed E-state index contributed by atoms with van der Waals surface area (Å²) in [6.07, 6.45) is 0. The van der Waals surface area contributed by atoms with Gasteiger partial charge < -0.3 is 4.42 Å². The molecule has 60 heavy (non-hydrogen) atoms. The van der Waals surface area contributed by atoms with Crippen molar-refractivity contribution in [1.29, 1.82) is 0 Å². The number of hydrogen-bond acceptors (Lipinski definition) is 1. The smallest absolute Gasteiger partial charge is 0.143 e. The molecule has 0 bridgehead atoms. The molecule has 0 unspecified atom stereocenters. The summed E-state index contributed by atoms with van der Waals surface area (Å²) in [5.74, 6) is 0. The van der Waals surface area contributed by atoms with E-state index in [1.807, 2.05) is 0 Å². The van der Waals surface area contributed by atoms with Crippen LogP contribution in [0.5, 0.6) is 0 Å². The predicted octanol–water partition coefficient (Wildman–Crippen LogP) is 16.7. The highest BCUT2D eigenvalue weighted by molar-refractivity contribution is 6.26. The Bertz CT molecular complexity index is 3740. The highest BCUT2D eigenvalue weighted by Gasteiger charge is 2.37. The molecule has 0 radical (unpaired) electrons. The van der Waals surface area contributed by atoms with E-state index in [1.54, 1.807) is 0 Å². The average Bonchev–Trinajstić information content (AvgIpc) is 3.79. The fourth-order valence-electron chi connectivity index (χ4n) is 10.9. The third kappa shape index (κ3) is 4.52. The van der Waals surface area contributed by atoms with Crippen LogP contribution in [-0.2, 0) is 5.41 Å². The summed E-state index contributed by atoms with van der Waals surface area (Å²) in [6.45, 7) is 4.76. The van der Waals surface area contributed by atoms with Crippen molar-refractivity contribution in [3.63, 3.8) is 0 Å². The summed E-state index contributed by atoms with van der Waals surface area (Å²) < 4.78 is 6.66. The van der Waals surface area contributed by atoms with Crippen molar-refractivity contribution in [3.8, 4) is 44.5 Å². The molecule has 13 rings (SSSR count). The Morgan fingerprint density at radius 1 is 0.333 bits per heavy atom. The van der Waals surface area contributed by atoms with Crippen molar-refractivity contribution in [1.82, 2.24) is 0 Å². The Morgan fingerprint density at radius 3 is 1.58 bits per heavy atom. The van der Waals surface area contributed by atoms with E-state index in [0.29, 0.717) is 0 Å².